The van der Waals surface area contributed by atoms with Crippen LogP contribution < -0.4 is 15.9 Å². The highest BCUT2D eigenvalue weighted by Gasteiger charge is 2.08. The summed E-state index contributed by atoms with van der Waals surface area (Å²) in [5.74, 6) is 0. The molecule has 4 nitrogen and oxygen atoms in total. The van der Waals surface area contributed by atoms with Gasteiger partial charge in [-0.05, 0) is 56.8 Å². The van der Waals surface area contributed by atoms with E-state index in [0.717, 1.165) is 65.8 Å². The molecule has 0 unspecified atom stereocenters. The summed E-state index contributed by atoms with van der Waals surface area (Å²) < 4.78 is 0. The van der Waals surface area contributed by atoms with E-state index in [2.05, 4.69) is 84.5 Å². The number of aromatic nitrogens is 2. The minimum Gasteiger partial charge on any atom is -0.384 e. The van der Waals surface area contributed by atoms with Crippen molar-refractivity contribution in [1.29, 1.82) is 0 Å². The second-order valence-corrected chi connectivity index (χ2v) is 7.28. The number of aromatic amines is 2. The highest BCUT2D eigenvalue weighted by Crippen LogP contribution is 2.16. The van der Waals surface area contributed by atoms with Gasteiger partial charge in [-0.3, -0.25) is 0 Å². The highest BCUT2D eigenvalue weighted by molar-refractivity contribution is 5.82. The van der Waals surface area contributed by atoms with Gasteiger partial charge in [-0.1, -0.05) is 45.2 Å². The van der Waals surface area contributed by atoms with Crippen LogP contribution in [-0.2, 0) is 0 Å². The van der Waals surface area contributed by atoms with E-state index in [0.29, 0.717) is 0 Å². The van der Waals surface area contributed by atoms with Crippen molar-refractivity contribution >= 4 is 29.3 Å². The molecule has 0 aliphatic carbocycles. The molecule has 4 heteroatoms. The molecule has 3 rings (SSSR count). The number of aryl methyl sites for hydroxylation is 1. The van der Waals surface area contributed by atoms with E-state index in [-0.39, 0.29) is 0 Å². The number of para-hydroxylation sites is 1. The summed E-state index contributed by atoms with van der Waals surface area (Å²) in [6, 6.07) is 10.5. The smallest absolute Gasteiger partial charge is 0.0644 e. The maximum Gasteiger partial charge on any atom is 0.0644 e. The lowest BCUT2D eigenvalue weighted by molar-refractivity contribution is 0.300. The number of nitrogens with one attached hydrogen (secondary N) is 3. The van der Waals surface area contributed by atoms with Gasteiger partial charge >= 0.3 is 0 Å². The second kappa shape index (κ2) is 8.98. The minimum absolute atomic E-state index is 0.929. The molecule has 3 aromatic rings. The standard InChI is InChI=1S/C24H32N4/c1-6-28(7-2)14-10-13-25-19(5)24-17(3)15-20(27-24)16-22-18(4)26-23-12-9-8-11-21(22)23/h8-9,11-12,15-16,25-27H,4-7,10,13-14H2,1-3H3/b22-16+. The van der Waals surface area contributed by atoms with Crippen LogP contribution in [0.4, 0.5) is 0 Å². The fourth-order valence-electron chi connectivity index (χ4n) is 3.69. The number of benzene rings is 1. The zero-order valence-corrected chi connectivity index (χ0v) is 17.4. The van der Waals surface area contributed by atoms with Gasteiger partial charge in [-0.15, -0.1) is 0 Å². The Morgan fingerprint density at radius 3 is 2.68 bits per heavy atom. The van der Waals surface area contributed by atoms with Gasteiger partial charge in [-0.2, -0.15) is 0 Å². The van der Waals surface area contributed by atoms with Gasteiger partial charge in [0.2, 0.25) is 0 Å². The Morgan fingerprint density at radius 2 is 1.93 bits per heavy atom. The van der Waals surface area contributed by atoms with E-state index in [1.54, 1.807) is 0 Å². The lowest BCUT2D eigenvalue weighted by atomic mass is 10.2. The Hall–Kier alpha value is -2.72. The molecule has 0 aliphatic heterocycles. The van der Waals surface area contributed by atoms with Crippen LogP contribution in [0.3, 0.4) is 0 Å². The fourth-order valence-corrected chi connectivity index (χ4v) is 3.69. The van der Waals surface area contributed by atoms with E-state index >= 15 is 0 Å². The van der Waals surface area contributed by atoms with Gasteiger partial charge in [0, 0.05) is 33.7 Å². The Labute approximate surface area is 167 Å². The molecule has 0 radical (unpaired) electrons. The first kappa shape index (κ1) is 20.0. The van der Waals surface area contributed by atoms with Gasteiger partial charge in [0.1, 0.15) is 0 Å². The molecule has 2 aromatic heterocycles. The lowest BCUT2D eigenvalue weighted by Gasteiger charge is -2.18. The van der Waals surface area contributed by atoms with Crippen LogP contribution in [-0.4, -0.2) is 41.0 Å². The van der Waals surface area contributed by atoms with Crippen LogP contribution in [0, 0.1) is 6.92 Å². The van der Waals surface area contributed by atoms with E-state index in [1.165, 1.54) is 10.9 Å². The predicted octanol–water partition coefficient (Wildman–Crippen LogP) is 3.34. The fraction of sp³-hybridized carbons (Fsp3) is 0.333. The van der Waals surface area contributed by atoms with Crippen LogP contribution in [0.5, 0.6) is 0 Å². The summed E-state index contributed by atoms with van der Waals surface area (Å²) in [5, 5.41) is 6.72. The third-order valence-corrected chi connectivity index (χ3v) is 5.35. The number of hydrogen-bond acceptors (Lipinski definition) is 2. The predicted molar refractivity (Wildman–Crippen MR) is 122 cm³/mol. The van der Waals surface area contributed by atoms with Crippen molar-refractivity contribution in [2.45, 2.75) is 27.2 Å². The zero-order chi connectivity index (χ0) is 20.1. The largest absolute Gasteiger partial charge is 0.384 e. The number of fused-ring (bicyclic) bond motifs is 1. The van der Waals surface area contributed by atoms with E-state index in [9.17, 15) is 0 Å². The normalized spacial score (nSPS) is 12.2. The average molecular weight is 377 g/mol. The maximum absolute atomic E-state index is 4.23. The molecule has 0 bridgehead atoms. The molecule has 2 heterocycles. The van der Waals surface area contributed by atoms with Gasteiger partial charge in [0.25, 0.3) is 0 Å². The summed E-state index contributed by atoms with van der Waals surface area (Å²) in [7, 11) is 0. The number of H-pyrrole nitrogens is 2. The van der Waals surface area contributed by atoms with Crippen molar-refractivity contribution in [3.63, 3.8) is 0 Å². The molecule has 148 valence electrons. The van der Waals surface area contributed by atoms with Crippen molar-refractivity contribution in [2.24, 2.45) is 0 Å². The first-order chi connectivity index (χ1) is 13.5. The summed E-state index contributed by atoms with van der Waals surface area (Å²) >= 11 is 0. The summed E-state index contributed by atoms with van der Waals surface area (Å²) in [5.41, 5.74) is 5.39. The quantitative estimate of drug-likeness (QED) is 0.502. The van der Waals surface area contributed by atoms with Gasteiger partial charge in [-0.25, -0.2) is 0 Å². The molecular weight excluding hydrogens is 344 g/mol. The molecule has 0 fully saturated rings. The number of rotatable bonds is 9. The van der Waals surface area contributed by atoms with Crippen LogP contribution in [0.1, 0.15) is 37.2 Å². The Kier molecular flexibility index (Phi) is 6.42. The molecule has 0 amide bonds. The van der Waals surface area contributed by atoms with E-state index in [4.69, 9.17) is 0 Å². The Balaban J connectivity index is 1.73. The van der Waals surface area contributed by atoms with E-state index < -0.39 is 0 Å². The third kappa shape index (κ3) is 4.39. The number of hydrogen-bond donors (Lipinski definition) is 3. The monoisotopic (exact) mass is 376 g/mol. The summed E-state index contributed by atoms with van der Waals surface area (Å²) in [4.78, 5) is 9.31. The molecule has 28 heavy (non-hydrogen) atoms. The zero-order valence-electron chi connectivity index (χ0n) is 17.4. The van der Waals surface area contributed by atoms with Crippen molar-refractivity contribution in [3.8, 4) is 0 Å². The van der Waals surface area contributed by atoms with Gasteiger partial charge < -0.3 is 20.2 Å². The van der Waals surface area contributed by atoms with Crippen LogP contribution >= 0.6 is 0 Å². The SMILES string of the molecule is C=C(NCCCN(CC)CC)c1[nH]c(/C=c2\c(=C)[nH]c3ccccc23)cc1C. The topological polar surface area (TPSA) is 46.8 Å². The van der Waals surface area contributed by atoms with Crippen molar-refractivity contribution in [1.82, 2.24) is 20.2 Å². The van der Waals surface area contributed by atoms with Crippen LogP contribution in [0.25, 0.3) is 29.3 Å². The maximum atomic E-state index is 4.23. The van der Waals surface area contributed by atoms with E-state index in [1.807, 2.05) is 6.07 Å². The highest BCUT2D eigenvalue weighted by atomic mass is 15.1. The van der Waals surface area contributed by atoms with Crippen molar-refractivity contribution < 1.29 is 0 Å². The third-order valence-electron chi connectivity index (χ3n) is 5.35. The summed E-state index contributed by atoms with van der Waals surface area (Å²) in [6.07, 6.45) is 3.27. The minimum atomic E-state index is 0.929. The van der Waals surface area contributed by atoms with Crippen LogP contribution in [0.2, 0.25) is 0 Å². The Morgan fingerprint density at radius 1 is 1.18 bits per heavy atom. The Bertz CT molecular complexity index is 1050. The van der Waals surface area contributed by atoms with Crippen LogP contribution in [0.15, 0.2) is 36.9 Å². The first-order valence-electron chi connectivity index (χ1n) is 10.2. The lowest BCUT2D eigenvalue weighted by Crippen LogP contribution is -2.26. The molecule has 0 saturated heterocycles. The average Bonchev–Trinajstić information content (AvgIpc) is 3.21. The molecule has 0 aliphatic rings. The van der Waals surface area contributed by atoms with Gasteiger partial charge in [0.15, 0.2) is 0 Å². The van der Waals surface area contributed by atoms with Crippen molar-refractivity contribution in [2.75, 3.05) is 26.2 Å². The molecule has 0 saturated carbocycles. The van der Waals surface area contributed by atoms with Gasteiger partial charge in [0.05, 0.1) is 11.4 Å². The molecular formula is C24H32N4. The molecule has 0 atom stereocenters. The number of nitrogens with zero attached hydrogens (tertiary/aromatic N) is 1. The summed E-state index contributed by atoms with van der Waals surface area (Å²) in [6.45, 7) is 19.2. The molecule has 1 aromatic carbocycles. The molecule has 0 spiro atoms. The molecule has 3 N–H and O–H groups in total. The van der Waals surface area contributed by atoms with Crippen molar-refractivity contribution in [3.05, 3.63) is 64.4 Å². The first-order valence-corrected chi connectivity index (χ1v) is 10.2. The second-order valence-electron chi connectivity index (χ2n) is 7.28.